The van der Waals surface area contributed by atoms with Gasteiger partial charge in [0.25, 0.3) is 0 Å². The number of pyridine rings is 2. The summed E-state index contributed by atoms with van der Waals surface area (Å²) in [5.41, 5.74) is 0.328. The maximum absolute atomic E-state index is 12.8. The molecule has 0 saturated carbocycles. The zero-order valence-corrected chi connectivity index (χ0v) is 19.8. The van der Waals surface area contributed by atoms with Gasteiger partial charge in [0.1, 0.15) is 17.4 Å². The Balaban J connectivity index is 1.82. The van der Waals surface area contributed by atoms with Gasteiger partial charge in [0.15, 0.2) is 0 Å². The highest BCUT2D eigenvalue weighted by atomic mass is 35.5. The number of imide groups is 1. The van der Waals surface area contributed by atoms with E-state index in [1.54, 1.807) is 26.1 Å². The van der Waals surface area contributed by atoms with Crippen LogP contribution in [0.2, 0.25) is 5.02 Å². The van der Waals surface area contributed by atoms with Gasteiger partial charge in [-0.15, -0.1) is 5.06 Å². The molecule has 0 fully saturated rings. The molecule has 0 radical (unpaired) electrons. The van der Waals surface area contributed by atoms with Crippen LogP contribution in [-0.4, -0.2) is 47.8 Å². The van der Waals surface area contributed by atoms with Gasteiger partial charge >= 0.3 is 12.0 Å². The molecule has 176 valence electrons. The van der Waals surface area contributed by atoms with Crippen molar-refractivity contribution in [1.82, 2.24) is 20.0 Å². The van der Waals surface area contributed by atoms with Crippen LogP contribution in [0.3, 0.4) is 0 Å². The van der Waals surface area contributed by atoms with Crippen LogP contribution in [0.5, 0.6) is 0 Å². The average Bonchev–Trinajstić information content (AvgIpc) is 3.12. The smallest absolute Gasteiger partial charge is 0.439 e. The van der Waals surface area contributed by atoms with E-state index in [2.05, 4.69) is 15.0 Å². The topological polar surface area (TPSA) is 129 Å². The van der Waals surface area contributed by atoms with Crippen LogP contribution in [0.1, 0.15) is 68.8 Å². The number of carbonyl (C=O) groups excluding carboxylic acids is 1. The number of amides is 2. The summed E-state index contributed by atoms with van der Waals surface area (Å²) >= 11 is 6.02. The highest BCUT2D eigenvalue weighted by Crippen LogP contribution is 2.31. The van der Waals surface area contributed by atoms with E-state index in [9.17, 15) is 19.8 Å². The van der Waals surface area contributed by atoms with Gasteiger partial charge in [-0.25, -0.2) is 9.78 Å². The predicted octanol–water partition coefficient (Wildman–Crippen LogP) is 4.96. The summed E-state index contributed by atoms with van der Waals surface area (Å²) in [5.74, 6) is -0.923. The molecule has 0 aliphatic carbocycles. The lowest BCUT2D eigenvalue weighted by Gasteiger charge is -2.34. The fourth-order valence-electron chi connectivity index (χ4n) is 3.93. The Bertz CT molecular complexity index is 1170. The van der Waals surface area contributed by atoms with Crippen molar-refractivity contribution < 1.29 is 24.6 Å². The van der Waals surface area contributed by atoms with Crippen LogP contribution in [-0.2, 0) is 4.84 Å². The van der Waals surface area contributed by atoms with E-state index in [0.717, 1.165) is 0 Å². The number of nitrogens with one attached hydrogen (secondary N) is 1. The number of fused-ring (bicyclic) bond motifs is 1. The lowest BCUT2D eigenvalue weighted by Crippen LogP contribution is -2.44. The second-order valence-corrected chi connectivity index (χ2v) is 10.1. The fraction of sp³-hybridized carbons (Fsp3) is 0.391. The minimum absolute atomic E-state index is 0.136. The molecule has 10 heteroatoms. The van der Waals surface area contributed by atoms with Crippen molar-refractivity contribution in [2.75, 3.05) is 0 Å². The molecule has 0 spiro atoms. The van der Waals surface area contributed by atoms with Crippen molar-refractivity contribution in [3.05, 3.63) is 58.6 Å². The number of aromatic nitrogens is 3. The molecular weight excluding hydrogens is 448 g/mol. The number of nitrogens with zero attached hydrogens (tertiary/aromatic N) is 3. The molecule has 1 atom stereocenters. The quantitative estimate of drug-likeness (QED) is 0.430. The van der Waals surface area contributed by atoms with E-state index in [1.807, 2.05) is 20.8 Å². The SMILES string of the molecule is CC(C)(C)CC(C)(C)ON(C(=O)O)C(=O)c1ccc(C(O)c2c[nH]c3ncc(Cl)cc23)cn1. The van der Waals surface area contributed by atoms with Crippen LogP contribution < -0.4 is 0 Å². The molecule has 3 aromatic heterocycles. The second-order valence-electron chi connectivity index (χ2n) is 9.64. The monoisotopic (exact) mass is 474 g/mol. The first-order valence-electron chi connectivity index (χ1n) is 10.3. The number of halogens is 1. The number of H-pyrrole nitrogens is 1. The number of aliphatic hydroxyl groups excluding tert-OH is 1. The lowest BCUT2D eigenvalue weighted by atomic mass is 9.84. The number of aromatic amines is 1. The normalized spacial score (nSPS) is 13.2. The zero-order valence-electron chi connectivity index (χ0n) is 19.1. The molecule has 3 heterocycles. The van der Waals surface area contributed by atoms with Gasteiger partial charge in [0.05, 0.1) is 10.6 Å². The van der Waals surface area contributed by atoms with Gasteiger partial charge in [0.2, 0.25) is 0 Å². The number of carboxylic acid groups (broad SMARTS) is 1. The van der Waals surface area contributed by atoms with Crippen LogP contribution in [0.25, 0.3) is 11.0 Å². The first-order valence-corrected chi connectivity index (χ1v) is 10.7. The lowest BCUT2D eigenvalue weighted by molar-refractivity contribution is -0.191. The van der Waals surface area contributed by atoms with Crippen molar-refractivity contribution in [2.45, 2.75) is 52.7 Å². The maximum Gasteiger partial charge on any atom is 0.439 e. The van der Waals surface area contributed by atoms with Crippen LogP contribution in [0.4, 0.5) is 4.79 Å². The van der Waals surface area contributed by atoms with Crippen molar-refractivity contribution in [1.29, 1.82) is 0 Å². The summed E-state index contributed by atoms with van der Waals surface area (Å²) in [6.45, 7) is 9.42. The third-order valence-electron chi connectivity index (χ3n) is 4.80. The Labute approximate surface area is 196 Å². The minimum atomic E-state index is -1.55. The standard InChI is InChI=1S/C23H27ClN4O5/c1-22(2,3)12-23(4,5)33-28(21(31)32)20(30)17-7-6-13(9-25-17)18(29)16-11-27-19-15(16)8-14(24)10-26-19/h6-11,18,29H,12H2,1-5H3,(H,26,27)(H,31,32). The van der Waals surface area contributed by atoms with Gasteiger partial charge < -0.3 is 15.2 Å². The molecule has 3 aromatic rings. The largest absolute Gasteiger partial charge is 0.463 e. The minimum Gasteiger partial charge on any atom is -0.463 e. The van der Waals surface area contributed by atoms with E-state index in [0.29, 0.717) is 38.7 Å². The predicted molar refractivity (Wildman–Crippen MR) is 123 cm³/mol. The first kappa shape index (κ1) is 24.6. The number of hydroxylamine groups is 2. The number of hydrogen-bond donors (Lipinski definition) is 3. The van der Waals surface area contributed by atoms with E-state index in [-0.39, 0.29) is 11.1 Å². The second kappa shape index (κ2) is 9.09. The number of aliphatic hydroxyl groups is 1. The molecule has 1 unspecified atom stereocenters. The van der Waals surface area contributed by atoms with Crippen molar-refractivity contribution >= 4 is 34.6 Å². The molecule has 9 nitrogen and oxygen atoms in total. The third-order valence-corrected chi connectivity index (χ3v) is 5.00. The number of rotatable bonds is 6. The van der Waals surface area contributed by atoms with Gasteiger partial charge in [-0.05, 0) is 37.8 Å². The summed E-state index contributed by atoms with van der Waals surface area (Å²) in [6, 6.07) is 4.53. The summed E-state index contributed by atoms with van der Waals surface area (Å²) in [6.07, 6.45) is 2.34. The summed E-state index contributed by atoms with van der Waals surface area (Å²) < 4.78 is 0. The average molecular weight is 475 g/mol. The van der Waals surface area contributed by atoms with Gasteiger partial charge in [0, 0.05) is 35.1 Å². The number of carbonyl (C=O) groups is 2. The van der Waals surface area contributed by atoms with Crippen LogP contribution in [0, 0.1) is 5.41 Å². The van der Waals surface area contributed by atoms with Crippen molar-refractivity contribution in [2.24, 2.45) is 5.41 Å². The Kier molecular flexibility index (Phi) is 6.78. The van der Waals surface area contributed by atoms with E-state index in [4.69, 9.17) is 16.4 Å². The van der Waals surface area contributed by atoms with E-state index in [1.165, 1.54) is 24.5 Å². The van der Waals surface area contributed by atoms with Gasteiger partial charge in [-0.3, -0.25) is 14.6 Å². The van der Waals surface area contributed by atoms with Gasteiger partial charge in [-0.2, -0.15) is 0 Å². The Morgan fingerprint density at radius 3 is 2.45 bits per heavy atom. The summed E-state index contributed by atoms with van der Waals surface area (Å²) in [4.78, 5) is 41.3. The molecular formula is C23H27ClN4O5. The number of hydrogen-bond acceptors (Lipinski definition) is 6. The van der Waals surface area contributed by atoms with Crippen molar-refractivity contribution in [3.63, 3.8) is 0 Å². The molecule has 0 aromatic carbocycles. The molecule has 0 aliphatic heterocycles. The van der Waals surface area contributed by atoms with E-state index < -0.39 is 23.7 Å². The molecule has 0 saturated heterocycles. The molecule has 0 bridgehead atoms. The third kappa shape index (κ3) is 5.87. The Morgan fingerprint density at radius 2 is 1.88 bits per heavy atom. The van der Waals surface area contributed by atoms with Crippen LogP contribution in [0.15, 0.2) is 36.8 Å². The molecule has 33 heavy (non-hydrogen) atoms. The first-order chi connectivity index (χ1) is 15.3. The summed E-state index contributed by atoms with van der Waals surface area (Å²) in [7, 11) is 0. The van der Waals surface area contributed by atoms with Crippen molar-refractivity contribution in [3.8, 4) is 0 Å². The maximum atomic E-state index is 12.8. The fourth-order valence-corrected chi connectivity index (χ4v) is 4.08. The molecule has 0 aliphatic rings. The van der Waals surface area contributed by atoms with E-state index >= 15 is 0 Å². The highest BCUT2D eigenvalue weighted by Gasteiger charge is 2.35. The molecule has 3 rings (SSSR count). The molecule has 2 amide bonds. The molecule has 3 N–H and O–H groups in total. The Morgan fingerprint density at radius 1 is 1.18 bits per heavy atom. The van der Waals surface area contributed by atoms with Crippen LogP contribution >= 0.6 is 11.6 Å². The zero-order chi connectivity index (χ0) is 24.6. The summed E-state index contributed by atoms with van der Waals surface area (Å²) in [5, 5.41) is 21.7. The highest BCUT2D eigenvalue weighted by molar-refractivity contribution is 6.31. The Hall–Kier alpha value is -3.01. The van der Waals surface area contributed by atoms with Gasteiger partial charge in [-0.1, -0.05) is 38.4 Å².